The number of thioether (sulfide) groups is 1. The van der Waals surface area contributed by atoms with Gasteiger partial charge in [-0.2, -0.15) is 8.78 Å². The Hall–Kier alpha value is -1.58. The molecule has 0 saturated heterocycles. The molecule has 0 unspecified atom stereocenters. The van der Waals surface area contributed by atoms with Gasteiger partial charge in [-0.25, -0.2) is 0 Å². The van der Waals surface area contributed by atoms with Crippen LogP contribution in [0.3, 0.4) is 0 Å². The third-order valence-electron chi connectivity index (χ3n) is 1.87. The largest absolute Gasteiger partial charge is 0.344 e. The maximum absolute atomic E-state index is 12.1. The standard InChI is InChI=1S/C12H12F2N2OS/c13-12(14)18-10-5-3-9(4-6-10)2-1-7-16-11(17)8-15/h3-6,12H,7-8,15H2,(H,16,17). The number of carbonyl (C=O) groups excluding carboxylic acids is 1. The van der Waals surface area contributed by atoms with Gasteiger partial charge in [0.2, 0.25) is 5.91 Å². The van der Waals surface area contributed by atoms with Crippen LogP contribution >= 0.6 is 11.8 Å². The number of benzene rings is 1. The summed E-state index contributed by atoms with van der Waals surface area (Å²) in [6.07, 6.45) is 0. The Balaban J connectivity index is 2.48. The van der Waals surface area contributed by atoms with Crippen molar-refractivity contribution in [1.29, 1.82) is 0 Å². The van der Waals surface area contributed by atoms with Crippen LogP contribution in [0.4, 0.5) is 8.78 Å². The van der Waals surface area contributed by atoms with Crippen molar-refractivity contribution in [1.82, 2.24) is 5.32 Å². The molecule has 0 aliphatic carbocycles. The van der Waals surface area contributed by atoms with Crippen LogP contribution < -0.4 is 11.1 Å². The number of hydrogen-bond acceptors (Lipinski definition) is 3. The van der Waals surface area contributed by atoms with E-state index in [9.17, 15) is 13.6 Å². The number of nitrogens with one attached hydrogen (secondary N) is 1. The maximum Gasteiger partial charge on any atom is 0.288 e. The van der Waals surface area contributed by atoms with Crippen LogP contribution in [-0.2, 0) is 4.79 Å². The zero-order valence-electron chi connectivity index (χ0n) is 9.45. The summed E-state index contributed by atoms with van der Waals surface area (Å²) < 4.78 is 24.1. The Kier molecular flexibility index (Phi) is 6.19. The zero-order chi connectivity index (χ0) is 13.4. The summed E-state index contributed by atoms with van der Waals surface area (Å²) in [5.41, 5.74) is 5.80. The van der Waals surface area contributed by atoms with Crippen LogP contribution in [-0.4, -0.2) is 24.8 Å². The number of nitrogens with two attached hydrogens (primary N) is 1. The Morgan fingerprint density at radius 2 is 2.06 bits per heavy atom. The number of alkyl halides is 2. The topological polar surface area (TPSA) is 55.1 Å². The van der Waals surface area contributed by atoms with Crippen molar-refractivity contribution in [2.45, 2.75) is 10.7 Å². The second-order valence-corrected chi connectivity index (χ2v) is 4.25. The first kappa shape index (κ1) is 14.5. The number of halogens is 2. The summed E-state index contributed by atoms with van der Waals surface area (Å²) in [6, 6.07) is 6.48. The van der Waals surface area contributed by atoms with Crippen LogP contribution in [0, 0.1) is 11.8 Å². The van der Waals surface area contributed by atoms with Crippen molar-refractivity contribution in [3.8, 4) is 11.8 Å². The van der Waals surface area contributed by atoms with E-state index in [-0.39, 0.29) is 19.0 Å². The van der Waals surface area contributed by atoms with Crippen molar-refractivity contribution in [3.05, 3.63) is 29.8 Å². The second-order valence-electron chi connectivity index (χ2n) is 3.19. The molecular weight excluding hydrogens is 258 g/mol. The lowest BCUT2D eigenvalue weighted by molar-refractivity contribution is -0.119. The van der Waals surface area contributed by atoms with Crippen molar-refractivity contribution in [2.75, 3.05) is 13.1 Å². The first-order valence-electron chi connectivity index (χ1n) is 5.12. The summed E-state index contributed by atoms with van der Waals surface area (Å²) in [5.74, 6) is 2.84. The molecule has 0 aromatic heterocycles. The lowest BCUT2D eigenvalue weighted by atomic mass is 10.2. The molecule has 1 aromatic carbocycles. The van der Waals surface area contributed by atoms with Crippen LogP contribution in [0.2, 0.25) is 0 Å². The minimum atomic E-state index is -2.42. The first-order chi connectivity index (χ1) is 8.61. The molecule has 0 fully saturated rings. The highest BCUT2D eigenvalue weighted by molar-refractivity contribution is 7.99. The van der Waals surface area contributed by atoms with Crippen molar-refractivity contribution >= 4 is 17.7 Å². The zero-order valence-corrected chi connectivity index (χ0v) is 10.3. The molecule has 0 spiro atoms. The van der Waals surface area contributed by atoms with E-state index < -0.39 is 5.76 Å². The average Bonchev–Trinajstić information content (AvgIpc) is 2.35. The van der Waals surface area contributed by atoms with Crippen LogP contribution in [0.1, 0.15) is 5.56 Å². The number of carbonyl (C=O) groups is 1. The molecule has 0 bridgehead atoms. The third kappa shape index (κ3) is 5.66. The quantitative estimate of drug-likeness (QED) is 0.643. The molecule has 3 nitrogen and oxygen atoms in total. The Labute approximate surface area is 108 Å². The van der Waals surface area contributed by atoms with Gasteiger partial charge in [0.15, 0.2) is 0 Å². The molecule has 0 atom stereocenters. The molecule has 0 heterocycles. The van der Waals surface area contributed by atoms with Gasteiger partial charge in [-0.05, 0) is 24.3 Å². The number of rotatable bonds is 4. The van der Waals surface area contributed by atoms with Crippen molar-refractivity contribution < 1.29 is 13.6 Å². The summed E-state index contributed by atoms with van der Waals surface area (Å²) in [5, 5.41) is 2.50. The molecular formula is C12H12F2N2OS. The van der Waals surface area contributed by atoms with Gasteiger partial charge in [0.05, 0.1) is 13.1 Å². The highest BCUT2D eigenvalue weighted by Crippen LogP contribution is 2.24. The van der Waals surface area contributed by atoms with E-state index in [1.165, 1.54) is 0 Å². The molecule has 1 rings (SSSR count). The van der Waals surface area contributed by atoms with Gasteiger partial charge in [0, 0.05) is 10.5 Å². The minimum Gasteiger partial charge on any atom is -0.344 e. The molecule has 96 valence electrons. The predicted molar refractivity (Wildman–Crippen MR) is 67.2 cm³/mol. The monoisotopic (exact) mass is 270 g/mol. The van der Waals surface area contributed by atoms with Gasteiger partial charge in [0.25, 0.3) is 5.76 Å². The van der Waals surface area contributed by atoms with Gasteiger partial charge in [0.1, 0.15) is 0 Å². The van der Waals surface area contributed by atoms with Gasteiger partial charge in [-0.15, -0.1) is 0 Å². The number of hydrogen-bond donors (Lipinski definition) is 2. The Morgan fingerprint density at radius 1 is 1.39 bits per heavy atom. The summed E-state index contributed by atoms with van der Waals surface area (Å²) in [4.78, 5) is 11.3. The molecule has 6 heteroatoms. The van der Waals surface area contributed by atoms with Gasteiger partial charge in [-0.1, -0.05) is 23.6 Å². The fourth-order valence-corrected chi connectivity index (χ4v) is 1.58. The molecule has 0 saturated carbocycles. The molecule has 1 aromatic rings. The van der Waals surface area contributed by atoms with E-state index in [4.69, 9.17) is 5.73 Å². The summed E-state index contributed by atoms with van der Waals surface area (Å²) >= 11 is 0.490. The van der Waals surface area contributed by atoms with Gasteiger partial charge in [-0.3, -0.25) is 4.79 Å². The molecule has 18 heavy (non-hydrogen) atoms. The molecule has 0 aliphatic heterocycles. The Bertz CT molecular complexity index is 451. The van der Waals surface area contributed by atoms with E-state index in [2.05, 4.69) is 17.2 Å². The first-order valence-corrected chi connectivity index (χ1v) is 6.00. The van der Waals surface area contributed by atoms with E-state index in [0.717, 1.165) is 0 Å². The maximum atomic E-state index is 12.1. The van der Waals surface area contributed by atoms with Crippen LogP contribution in [0.25, 0.3) is 0 Å². The molecule has 1 amide bonds. The fourth-order valence-electron chi connectivity index (χ4n) is 1.08. The van der Waals surface area contributed by atoms with Crippen LogP contribution in [0.5, 0.6) is 0 Å². The fraction of sp³-hybridized carbons (Fsp3) is 0.250. The van der Waals surface area contributed by atoms with Crippen LogP contribution in [0.15, 0.2) is 29.2 Å². The lowest BCUT2D eigenvalue weighted by Crippen LogP contribution is -2.30. The van der Waals surface area contributed by atoms with E-state index in [1.807, 2.05) is 0 Å². The normalized spacial score (nSPS) is 9.78. The lowest BCUT2D eigenvalue weighted by Gasteiger charge is -1.99. The van der Waals surface area contributed by atoms with E-state index in [0.29, 0.717) is 22.2 Å². The SMILES string of the molecule is NCC(=O)NCC#Cc1ccc(SC(F)F)cc1. The minimum absolute atomic E-state index is 0.0682. The molecule has 3 N–H and O–H groups in total. The van der Waals surface area contributed by atoms with Crippen molar-refractivity contribution in [2.24, 2.45) is 5.73 Å². The number of amides is 1. The smallest absolute Gasteiger partial charge is 0.288 e. The average molecular weight is 270 g/mol. The van der Waals surface area contributed by atoms with Gasteiger partial charge >= 0.3 is 0 Å². The summed E-state index contributed by atoms with van der Waals surface area (Å²) in [7, 11) is 0. The molecule has 0 radical (unpaired) electrons. The Morgan fingerprint density at radius 3 is 2.61 bits per heavy atom. The van der Waals surface area contributed by atoms with Crippen molar-refractivity contribution in [3.63, 3.8) is 0 Å². The third-order valence-corrected chi connectivity index (χ3v) is 2.59. The predicted octanol–water partition coefficient (Wildman–Crippen LogP) is 1.43. The summed E-state index contributed by atoms with van der Waals surface area (Å²) in [6.45, 7) is 0.144. The van der Waals surface area contributed by atoms with Gasteiger partial charge < -0.3 is 11.1 Å². The highest BCUT2D eigenvalue weighted by Gasteiger charge is 2.03. The second kappa shape index (κ2) is 7.69. The highest BCUT2D eigenvalue weighted by atomic mass is 32.2. The van der Waals surface area contributed by atoms with E-state index >= 15 is 0 Å². The van der Waals surface area contributed by atoms with E-state index in [1.54, 1.807) is 24.3 Å². The molecule has 0 aliphatic rings.